The Bertz CT molecular complexity index is 841. The zero-order valence-corrected chi connectivity index (χ0v) is 15.7. The number of benzene rings is 1. The Balaban J connectivity index is 2.13. The molecule has 2 aromatic rings. The highest BCUT2D eigenvalue weighted by atomic mass is 32.2. The van der Waals surface area contributed by atoms with Crippen LogP contribution in [-0.2, 0) is 26.5 Å². The van der Waals surface area contributed by atoms with Gasteiger partial charge in [0, 0.05) is 12.0 Å². The van der Waals surface area contributed by atoms with E-state index in [1.54, 1.807) is 19.1 Å². The van der Waals surface area contributed by atoms with Gasteiger partial charge in [0.15, 0.2) is 9.84 Å². The van der Waals surface area contributed by atoms with Crippen LogP contribution >= 0.6 is 0 Å². The maximum atomic E-state index is 12.2. The quantitative estimate of drug-likeness (QED) is 0.849. The minimum atomic E-state index is -3.23. The van der Waals surface area contributed by atoms with Gasteiger partial charge in [0.25, 0.3) is 0 Å². The Morgan fingerprint density at radius 2 is 2.08 bits per heavy atom. The van der Waals surface area contributed by atoms with Crippen molar-refractivity contribution in [2.75, 3.05) is 12.4 Å². The van der Waals surface area contributed by atoms with Gasteiger partial charge in [0.2, 0.25) is 0 Å². The maximum Gasteiger partial charge on any atom is 0.178 e. The molecule has 24 heavy (non-hydrogen) atoms. The summed E-state index contributed by atoms with van der Waals surface area (Å²) in [5, 5.41) is 0. The fourth-order valence-corrected chi connectivity index (χ4v) is 4.12. The fourth-order valence-electron chi connectivity index (χ4n) is 3.22. The predicted molar refractivity (Wildman–Crippen MR) is 95.1 cm³/mol. The summed E-state index contributed by atoms with van der Waals surface area (Å²) in [7, 11) is -3.23. The van der Waals surface area contributed by atoms with E-state index >= 15 is 0 Å². The normalized spacial score (nSPS) is 19.2. The van der Waals surface area contributed by atoms with Crippen LogP contribution in [0.15, 0.2) is 23.1 Å². The Hall–Kier alpha value is -1.40. The van der Waals surface area contributed by atoms with Gasteiger partial charge < -0.3 is 9.30 Å². The van der Waals surface area contributed by atoms with E-state index in [1.165, 1.54) is 0 Å². The Labute approximate surface area is 143 Å². The van der Waals surface area contributed by atoms with Crippen molar-refractivity contribution in [3.8, 4) is 0 Å². The summed E-state index contributed by atoms with van der Waals surface area (Å²) in [5.74, 6) is 1.07. The minimum Gasteiger partial charge on any atom is -0.376 e. The van der Waals surface area contributed by atoms with E-state index in [2.05, 4.69) is 25.3 Å². The first-order valence-electron chi connectivity index (χ1n) is 8.57. The van der Waals surface area contributed by atoms with Crippen molar-refractivity contribution in [1.29, 1.82) is 0 Å². The molecule has 2 heterocycles. The molecule has 1 atom stereocenters. The van der Waals surface area contributed by atoms with Crippen LogP contribution < -0.4 is 0 Å². The van der Waals surface area contributed by atoms with E-state index in [0.717, 1.165) is 42.9 Å². The number of hydrogen-bond acceptors (Lipinski definition) is 4. The third-order valence-electron chi connectivity index (χ3n) is 4.54. The second-order valence-electron chi connectivity index (χ2n) is 7.48. The highest BCUT2D eigenvalue weighted by Crippen LogP contribution is 2.29. The molecule has 6 heteroatoms. The molecule has 1 fully saturated rings. The van der Waals surface area contributed by atoms with Crippen molar-refractivity contribution in [2.45, 2.75) is 63.5 Å². The first-order chi connectivity index (χ1) is 11.2. The molecule has 0 spiro atoms. The van der Waals surface area contributed by atoms with Crippen LogP contribution in [0.4, 0.5) is 0 Å². The number of aromatic nitrogens is 2. The third-order valence-corrected chi connectivity index (χ3v) is 6.27. The van der Waals surface area contributed by atoms with Crippen LogP contribution in [0.2, 0.25) is 0 Å². The molecule has 0 saturated carbocycles. The van der Waals surface area contributed by atoms with Crippen LogP contribution in [0.25, 0.3) is 11.0 Å². The van der Waals surface area contributed by atoms with Gasteiger partial charge in [-0.25, -0.2) is 13.4 Å². The molecule has 5 nitrogen and oxygen atoms in total. The van der Waals surface area contributed by atoms with E-state index in [1.807, 2.05) is 6.07 Å². The average Bonchev–Trinajstić information content (AvgIpc) is 3.15. The summed E-state index contributed by atoms with van der Waals surface area (Å²) >= 11 is 0. The largest absolute Gasteiger partial charge is 0.376 e. The number of rotatable bonds is 4. The van der Waals surface area contributed by atoms with Gasteiger partial charge in [-0.05, 0) is 31.0 Å². The molecule has 1 aromatic heterocycles. The van der Waals surface area contributed by atoms with Crippen LogP contribution in [0.5, 0.6) is 0 Å². The summed E-state index contributed by atoms with van der Waals surface area (Å²) in [6.45, 7) is 9.64. The molecule has 1 aliphatic rings. The lowest BCUT2D eigenvalue weighted by molar-refractivity contribution is 0.0965. The SMILES string of the molecule is CCS(=O)(=O)c1ccc2c(c1)nc(C(C)(C)C)n2C[C@@H]1CCCO1. The van der Waals surface area contributed by atoms with Crippen molar-refractivity contribution >= 4 is 20.9 Å². The van der Waals surface area contributed by atoms with E-state index < -0.39 is 9.84 Å². The Morgan fingerprint density at radius 1 is 1.33 bits per heavy atom. The molecule has 0 bridgehead atoms. The Kier molecular flexibility index (Phi) is 4.47. The summed E-state index contributed by atoms with van der Waals surface area (Å²) in [6, 6.07) is 5.28. The highest BCUT2D eigenvalue weighted by molar-refractivity contribution is 7.91. The van der Waals surface area contributed by atoms with E-state index in [9.17, 15) is 8.42 Å². The molecule has 1 aliphatic heterocycles. The van der Waals surface area contributed by atoms with Gasteiger partial charge in [-0.1, -0.05) is 27.7 Å². The molecule has 132 valence electrons. The van der Waals surface area contributed by atoms with Gasteiger partial charge in [0.1, 0.15) is 5.82 Å². The molecule has 1 aromatic carbocycles. The van der Waals surface area contributed by atoms with Crippen LogP contribution in [0.3, 0.4) is 0 Å². The second kappa shape index (κ2) is 6.15. The summed E-state index contributed by atoms with van der Waals surface area (Å²) in [6.07, 6.45) is 2.37. The lowest BCUT2D eigenvalue weighted by Crippen LogP contribution is -2.23. The smallest absolute Gasteiger partial charge is 0.178 e. The first-order valence-corrected chi connectivity index (χ1v) is 10.2. The summed E-state index contributed by atoms with van der Waals surface area (Å²) < 4.78 is 32.3. The standard InChI is InChI=1S/C18H26N2O3S/c1-5-24(21,22)14-8-9-16-15(11-14)19-17(18(2,3)4)20(16)12-13-7-6-10-23-13/h8-9,11,13H,5-7,10,12H2,1-4H3/t13-/m0/s1. The van der Waals surface area contributed by atoms with Gasteiger partial charge in [0.05, 0.1) is 34.3 Å². The average molecular weight is 350 g/mol. The number of nitrogens with zero attached hydrogens (tertiary/aromatic N) is 2. The number of imidazole rings is 1. The van der Waals surface area contributed by atoms with E-state index in [0.29, 0.717) is 4.90 Å². The molecule has 0 amide bonds. The summed E-state index contributed by atoms with van der Waals surface area (Å²) in [4.78, 5) is 5.12. The molecular weight excluding hydrogens is 324 g/mol. The topological polar surface area (TPSA) is 61.2 Å². The zero-order chi connectivity index (χ0) is 17.5. The minimum absolute atomic E-state index is 0.0985. The van der Waals surface area contributed by atoms with Crippen molar-refractivity contribution in [2.24, 2.45) is 0 Å². The van der Waals surface area contributed by atoms with Gasteiger partial charge in [-0.2, -0.15) is 0 Å². The predicted octanol–water partition coefficient (Wildman–Crippen LogP) is 3.31. The van der Waals surface area contributed by atoms with Gasteiger partial charge in [-0.3, -0.25) is 0 Å². The monoisotopic (exact) mass is 350 g/mol. The molecule has 1 saturated heterocycles. The number of hydrogen-bond donors (Lipinski definition) is 0. The number of fused-ring (bicyclic) bond motifs is 1. The van der Waals surface area contributed by atoms with Gasteiger partial charge in [-0.15, -0.1) is 0 Å². The lowest BCUT2D eigenvalue weighted by Gasteiger charge is -2.22. The lowest BCUT2D eigenvalue weighted by atomic mass is 9.95. The molecule has 0 unspecified atom stereocenters. The van der Waals surface area contributed by atoms with Crippen molar-refractivity contribution in [1.82, 2.24) is 9.55 Å². The van der Waals surface area contributed by atoms with Gasteiger partial charge >= 0.3 is 0 Å². The number of sulfone groups is 1. The summed E-state index contributed by atoms with van der Waals surface area (Å²) in [5.41, 5.74) is 1.60. The Morgan fingerprint density at radius 3 is 2.67 bits per heavy atom. The third kappa shape index (κ3) is 3.22. The van der Waals surface area contributed by atoms with E-state index in [-0.39, 0.29) is 17.3 Å². The molecule has 3 rings (SSSR count). The molecule has 0 radical (unpaired) electrons. The number of ether oxygens (including phenoxy) is 1. The van der Waals surface area contributed by atoms with Crippen molar-refractivity contribution < 1.29 is 13.2 Å². The van der Waals surface area contributed by atoms with Crippen LogP contribution in [0, 0.1) is 0 Å². The zero-order valence-electron chi connectivity index (χ0n) is 14.9. The first kappa shape index (κ1) is 17.4. The van der Waals surface area contributed by atoms with Crippen LogP contribution in [0.1, 0.15) is 46.4 Å². The highest BCUT2D eigenvalue weighted by Gasteiger charge is 2.26. The van der Waals surface area contributed by atoms with Crippen LogP contribution in [-0.4, -0.2) is 36.4 Å². The molecule has 0 aliphatic carbocycles. The van der Waals surface area contributed by atoms with Crippen molar-refractivity contribution in [3.05, 3.63) is 24.0 Å². The molecular formula is C18H26N2O3S. The maximum absolute atomic E-state index is 12.2. The second-order valence-corrected chi connectivity index (χ2v) is 9.76. The molecule has 0 N–H and O–H groups in total. The van der Waals surface area contributed by atoms with Crippen molar-refractivity contribution in [3.63, 3.8) is 0 Å². The van der Waals surface area contributed by atoms with E-state index in [4.69, 9.17) is 9.72 Å². The fraction of sp³-hybridized carbons (Fsp3) is 0.611.